The lowest BCUT2D eigenvalue weighted by atomic mass is 9.90. The third-order valence-electron chi connectivity index (χ3n) is 4.64. The van der Waals surface area contributed by atoms with Crippen LogP contribution < -0.4 is 20.5 Å². The number of carbonyl (C=O) groups excluding carboxylic acids is 1. The highest BCUT2D eigenvalue weighted by Gasteiger charge is 2.35. The number of nitrogens with zero attached hydrogens (tertiary/aromatic N) is 1. The van der Waals surface area contributed by atoms with Crippen LogP contribution in [0, 0.1) is 0 Å². The molecule has 3 rings (SSSR count). The summed E-state index contributed by atoms with van der Waals surface area (Å²) in [6, 6.07) is 11.1. The molecule has 1 aromatic heterocycles. The summed E-state index contributed by atoms with van der Waals surface area (Å²) in [5.41, 5.74) is 6.11. The van der Waals surface area contributed by atoms with Gasteiger partial charge in [-0.25, -0.2) is 4.98 Å². The summed E-state index contributed by atoms with van der Waals surface area (Å²) in [6.45, 7) is 3.93. The Labute approximate surface area is 189 Å². The molecule has 2 heterocycles. The maximum Gasteiger partial charge on any atom is 0.240 e. The van der Waals surface area contributed by atoms with Crippen LogP contribution >= 0.6 is 24.8 Å². The zero-order valence-electron chi connectivity index (χ0n) is 17.0. The van der Waals surface area contributed by atoms with Crippen molar-refractivity contribution >= 4 is 30.7 Å². The van der Waals surface area contributed by atoms with Crippen LogP contribution in [0.1, 0.15) is 31.7 Å². The third kappa shape index (κ3) is 6.74. The van der Waals surface area contributed by atoms with E-state index in [0.717, 1.165) is 12.0 Å². The molecule has 0 saturated carbocycles. The van der Waals surface area contributed by atoms with Gasteiger partial charge in [-0.1, -0.05) is 25.1 Å². The largest absolute Gasteiger partial charge is 0.490 e. The van der Waals surface area contributed by atoms with Crippen molar-refractivity contribution < 1.29 is 19.0 Å². The smallest absolute Gasteiger partial charge is 0.240 e. The van der Waals surface area contributed by atoms with Crippen molar-refractivity contribution in [1.29, 1.82) is 0 Å². The first kappa shape index (κ1) is 26.0. The molecule has 1 aromatic carbocycles. The van der Waals surface area contributed by atoms with Gasteiger partial charge in [0.25, 0.3) is 0 Å². The molecular weight excluding hydrogens is 429 g/mol. The summed E-state index contributed by atoms with van der Waals surface area (Å²) in [6.07, 6.45) is 3.58. The zero-order valence-corrected chi connectivity index (χ0v) is 18.6. The van der Waals surface area contributed by atoms with E-state index in [1.165, 1.54) is 0 Å². The number of benzene rings is 1. The van der Waals surface area contributed by atoms with Crippen LogP contribution in [0.15, 0.2) is 42.6 Å². The Hall–Kier alpha value is -2.06. The average molecular weight is 458 g/mol. The number of aromatic nitrogens is 1. The highest BCUT2D eigenvalue weighted by atomic mass is 35.5. The predicted octanol–water partition coefficient (Wildman–Crippen LogP) is 3.63. The Morgan fingerprint density at radius 3 is 2.57 bits per heavy atom. The van der Waals surface area contributed by atoms with Crippen molar-refractivity contribution in [3.8, 4) is 17.4 Å². The molecule has 0 aliphatic carbocycles. The van der Waals surface area contributed by atoms with Crippen molar-refractivity contribution in [3.05, 3.63) is 48.2 Å². The second-order valence-corrected chi connectivity index (χ2v) is 6.82. The molecule has 2 aromatic rings. The highest BCUT2D eigenvalue weighted by molar-refractivity contribution is 5.86. The molecule has 9 heteroatoms. The van der Waals surface area contributed by atoms with Crippen LogP contribution in [0.3, 0.4) is 0 Å². The second-order valence-electron chi connectivity index (χ2n) is 6.82. The minimum atomic E-state index is -0.887. The van der Waals surface area contributed by atoms with Gasteiger partial charge < -0.3 is 25.3 Å². The van der Waals surface area contributed by atoms with Crippen LogP contribution in [-0.4, -0.2) is 36.3 Å². The van der Waals surface area contributed by atoms with Crippen LogP contribution in [0.5, 0.6) is 17.4 Å². The summed E-state index contributed by atoms with van der Waals surface area (Å²) in [7, 11) is 0. The number of pyridine rings is 1. The maximum absolute atomic E-state index is 12.6. The normalized spacial score (nSPS) is 14.6. The van der Waals surface area contributed by atoms with Gasteiger partial charge in [0.15, 0.2) is 11.5 Å². The third-order valence-corrected chi connectivity index (χ3v) is 4.64. The standard InChI is InChI=1S/C21H27N3O4.2ClH/c1-2-12-27-17-7-3-4-8-18(17)28-19-16(6-5-11-23-19)15-24-20(25)21(22)9-13-26-14-10-21;;/h3-8,11H,2,9-10,12-15,22H2,1H3,(H,24,25);2*1H. The molecular formula is C21H29Cl2N3O4. The predicted molar refractivity (Wildman–Crippen MR) is 120 cm³/mol. The van der Waals surface area contributed by atoms with E-state index >= 15 is 0 Å². The molecule has 1 aliphatic heterocycles. The van der Waals surface area contributed by atoms with E-state index < -0.39 is 5.54 Å². The molecule has 0 radical (unpaired) electrons. The van der Waals surface area contributed by atoms with Gasteiger partial charge in [-0.05, 0) is 37.5 Å². The average Bonchev–Trinajstić information content (AvgIpc) is 2.73. The van der Waals surface area contributed by atoms with Gasteiger partial charge in [0.1, 0.15) is 0 Å². The van der Waals surface area contributed by atoms with Gasteiger partial charge in [-0.2, -0.15) is 0 Å². The quantitative estimate of drug-likeness (QED) is 0.627. The number of hydrogen-bond donors (Lipinski definition) is 2. The Kier molecular flexibility index (Phi) is 10.9. The Balaban J connectivity index is 0.00000225. The fraction of sp³-hybridized carbons (Fsp3) is 0.429. The molecule has 166 valence electrons. The highest BCUT2D eigenvalue weighted by Crippen LogP contribution is 2.32. The van der Waals surface area contributed by atoms with Gasteiger partial charge in [-0.15, -0.1) is 24.8 Å². The first-order chi connectivity index (χ1) is 13.6. The lowest BCUT2D eigenvalue weighted by Gasteiger charge is -2.31. The van der Waals surface area contributed by atoms with Gasteiger partial charge >= 0.3 is 0 Å². The molecule has 1 saturated heterocycles. The Bertz CT molecular complexity index is 801. The molecule has 30 heavy (non-hydrogen) atoms. The molecule has 0 atom stereocenters. The van der Waals surface area contributed by atoms with Crippen LogP contribution in [-0.2, 0) is 16.1 Å². The number of ether oxygens (including phenoxy) is 3. The lowest BCUT2D eigenvalue weighted by molar-refractivity contribution is -0.129. The lowest BCUT2D eigenvalue weighted by Crippen LogP contribution is -2.56. The second kappa shape index (κ2) is 12.6. The summed E-state index contributed by atoms with van der Waals surface area (Å²) in [5, 5.41) is 2.91. The number of rotatable bonds is 8. The molecule has 0 unspecified atom stereocenters. The Morgan fingerprint density at radius 1 is 1.17 bits per heavy atom. The minimum absolute atomic E-state index is 0. The van der Waals surface area contributed by atoms with Gasteiger partial charge in [0.05, 0.1) is 12.1 Å². The van der Waals surface area contributed by atoms with E-state index in [2.05, 4.69) is 10.3 Å². The van der Waals surface area contributed by atoms with Crippen LogP contribution in [0.2, 0.25) is 0 Å². The van der Waals surface area contributed by atoms with E-state index in [-0.39, 0.29) is 37.3 Å². The Morgan fingerprint density at radius 2 is 1.87 bits per heavy atom. The van der Waals surface area contributed by atoms with Crippen LogP contribution in [0.4, 0.5) is 0 Å². The van der Waals surface area contributed by atoms with E-state index in [9.17, 15) is 4.79 Å². The van der Waals surface area contributed by atoms with E-state index in [1.54, 1.807) is 12.3 Å². The number of halogens is 2. The number of nitrogens with one attached hydrogen (secondary N) is 1. The summed E-state index contributed by atoms with van der Waals surface area (Å²) in [4.78, 5) is 16.9. The number of nitrogens with two attached hydrogens (primary N) is 1. The van der Waals surface area contributed by atoms with Crippen molar-refractivity contribution in [1.82, 2.24) is 10.3 Å². The van der Waals surface area contributed by atoms with E-state index in [1.807, 2.05) is 37.3 Å². The first-order valence-electron chi connectivity index (χ1n) is 9.61. The monoisotopic (exact) mass is 457 g/mol. The number of para-hydroxylation sites is 2. The van der Waals surface area contributed by atoms with E-state index in [0.29, 0.717) is 50.0 Å². The topological polar surface area (TPSA) is 95.7 Å². The van der Waals surface area contributed by atoms with Crippen molar-refractivity contribution in [2.75, 3.05) is 19.8 Å². The fourth-order valence-electron chi connectivity index (χ4n) is 2.93. The van der Waals surface area contributed by atoms with Crippen LogP contribution in [0.25, 0.3) is 0 Å². The molecule has 0 bridgehead atoms. The van der Waals surface area contributed by atoms with Gasteiger partial charge in [-0.3, -0.25) is 4.79 Å². The molecule has 7 nitrogen and oxygen atoms in total. The van der Waals surface area contributed by atoms with Crippen molar-refractivity contribution in [3.63, 3.8) is 0 Å². The molecule has 1 aliphatic rings. The number of carbonyl (C=O) groups is 1. The first-order valence-corrected chi connectivity index (χ1v) is 9.61. The van der Waals surface area contributed by atoms with Crippen molar-refractivity contribution in [2.45, 2.75) is 38.3 Å². The van der Waals surface area contributed by atoms with Gasteiger partial charge in [0.2, 0.25) is 11.8 Å². The van der Waals surface area contributed by atoms with E-state index in [4.69, 9.17) is 19.9 Å². The zero-order chi connectivity index (χ0) is 19.8. The maximum atomic E-state index is 12.6. The fourth-order valence-corrected chi connectivity index (χ4v) is 2.93. The number of hydrogen-bond acceptors (Lipinski definition) is 6. The summed E-state index contributed by atoms with van der Waals surface area (Å²) in [5.74, 6) is 1.49. The SMILES string of the molecule is CCCOc1ccccc1Oc1ncccc1CNC(=O)C1(N)CCOCC1.Cl.Cl. The van der Waals surface area contributed by atoms with Crippen molar-refractivity contribution in [2.24, 2.45) is 5.73 Å². The minimum Gasteiger partial charge on any atom is -0.490 e. The summed E-state index contributed by atoms with van der Waals surface area (Å²) >= 11 is 0. The molecule has 0 spiro atoms. The molecule has 1 amide bonds. The summed E-state index contributed by atoms with van der Waals surface area (Å²) < 4.78 is 17.0. The molecule has 3 N–H and O–H groups in total. The number of amides is 1. The van der Waals surface area contributed by atoms with Gasteiger partial charge in [0, 0.05) is 31.5 Å². The molecule has 1 fully saturated rings.